The molecule has 5 heterocycles. The third-order valence-electron chi connectivity index (χ3n) is 17.7. The highest BCUT2D eigenvalue weighted by Crippen LogP contribution is 2.42. The minimum atomic E-state index is 0.672. The molecule has 0 saturated heterocycles. The van der Waals surface area contributed by atoms with Crippen molar-refractivity contribution < 1.29 is 0 Å². The largest absolute Gasteiger partial charge is 0.309 e. The van der Waals surface area contributed by atoms with E-state index in [1.165, 1.54) is 87.4 Å². The molecule has 0 radical (unpaired) electrons. The molecule has 0 spiro atoms. The van der Waals surface area contributed by atoms with Crippen molar-refractivity contribution >= 4 is 98.1 Å². The van der Waals surface area contributed by atoms with Crippen molar-refractivity contribution in [2.75, 3.05) is 0 Å². The molecule has 5 aromatic heterocycles. The number of hydrogen-bond acceptors (Lipinski definition) is 2. The molecule has 0 aliphatic carbocycles. The van der Waals surface area contributed by atoms with Crippen LogP contribution in [0, 0.1) is 0 Å². The second-order valence-corrected chi connectivity index (χ2v) is 22.5. The smallest absolute Gasteiger partial charge is 0.160 e. The summed E-state index contributed by atoms with van der Waals surface area (Å²) in [6.07, 6.45) is 0. The predicted molar refractivity (Wildman–Crippen MR) is 359 cm³/mol. The van der Waals surface area contributed by atoms with Crippen molar-refractivity contribution in [3.8, 4) is 67.6 Å². The number of fused-ring (bicyclic) bond motifs is 13. The van der Waals surface area contributed by atoms with Gasteiger partial charge in [-0.05, 0) is 150 Å². The van der Waals surface area contributed by atoms with Gasteiger partial charge in [-0.15, -0.1) is 0 Å². The Morgan fingerprint density at radius 2 is 0.500 bits per heavy atom. The van der Waals surface area contributed by atoms with E-state index in [0.717, 1.165) is 72.5 Å². The maximum Gasteiger partial charge on any atom is 0.160 e. The van der Waals surface area contributed by atoms with Crippen LogP contribution in [0.2, 0.25) is 0 Å². The molecular formula is C80H50N6. The molecule has 18 aromatic rings. The molecular weight excluding hydrogens is 1040 g/mol. The minimum absolute atomic E-state index is 0.672. The molecule has 6 heteroatoms. The molecule has 0 bridgehead atoms. The predicted octanol–water partition coefficient (Wildman–Crippen LogP) is 20.7. The van der Waals surface area contributed by atoms with Gasteiger partial charge in [0.2, 0.25) is 0 Å². The van der Waals surface area contributed by atoms with E-state index in [4.69, 9.17) is 9.97 Å². The fraction of sp³-hybridized carbons (Fsp3) is 0. The first-order valence-corrected chi connectivity index (χ1v) is 29.4. The zero-order valence-electron chi connectivity index (χ0n) is 46.6. The van der Waals surface area contributed by atoms with Crippen LogP contribution in [0.4, 0.5) is 0 Å². The van der Waals surface area contributed by atoms with Crippen LogP contribution in [0.25, 0.3) is 166 Å². The summed E-state index contributed by atoms with van der Waals surface area (Å²) >= 11 is 0. The molecule has 400 valence electrons. The highest BCUT2D eigenvalue weighted by molar-refractivity contribution is 6.15. The van der Waals surface area contributed by atoms with Gasteiger partial charge in [-0.25, -0.2) is 9.97 Å². The standard InChI is InChI=1S/C80H50N6/c1-3-21-57(22-4-1)83-71-33-13-8-27-61(71)66-47-51(37-41-75(66)83)53-39-43-77-68(49-53)63-29-10-15-35-73(63)85(77)59-25-17-19-55(45-59)79-65-31-7-12-32-70(65)81-80(82-79)56-20-18-26-60(46-56)86-74-36-16-11-30-64(74)69-50-54(40-44-78(69)86)52-38-42-76-67(48-52)62-28-9-14-34-72(62)84(76)58-23-5-2-6-24-58/h1-50H. The number of hydrogen-bond donors (Lipinski definition) is 0. The summed E-state index contributed by atoms with van der Waals surface area (Å²) < 4.78 is 9.54. The van der Waals surface area contributed by atoms with Crippen molar-refractivity contribution in [1.82, 2.24) is 28.2 Å². The van der Waals surface area contributed by atoms with Crippen LogP contribution in [-0.4, -0.2) is 28.2 Å². The summed E-state index contributed by atoms with van der Waals surface area (Å²) in [5.41, 5.74) is 22.2. The van der Waals surface area contributed by atoms with Crippen molar-refractivity contribution in [3.05, 3.63) is 303 Å². The van der Waals surface area contributed by atoms with Gasteiger partial charge in [0.1, 0.15) is 0 Å². The lowest BCUT2D eigenvalue weighted by Gasteiger charge is -2.14. The number of aromatic nitrogens is 6. The Morgan fingerprint density at radius 1 is 0.186 bits per heavy atom. The van der Waals surface area contributed by atoms with E-state index in [-0.39, 0.29) is 0 Å². The maximum atomic E-state index is 5.51. The van der Waals surface area contributed by atoms with Gasteiger partial charge in [-0.3, -0.25) is 0 Å². The van der Waals surface area contributed by atoms with Crippen molar-refractivity contribution in [3.63, 3.8) is 0 Å². The topological polar surface area (TPSA) is 45.5 Å². The minimum Gasteiger partial charge on any atom is -0.309 e. The van der Waals surface area contributed by atoms with Crippen molar-refractivity contribution in [2.24, 2.45) is 0 Å². The second-order valence-electron chi connectivity index (χ2n) is 22.5. The first-order valence-electron chi connectivity index (χ1n) is 29.4. The summed E-state index contributed by atoms with van der Waals surface area (Å²) in [7, 11) is 0. The molecule has 0 aliphatic rings. The summed E-state index contributed by atoms with van der Waals surface area (Å²) in [6, 6.07) is 110. The normalized spacial score (nSPS) is 12.0. The van der Waals surface area contributed by atoms with Gasteiger partial charge in [-0.2, -0.15) is 0 Å². The van der Waals surface area contributed by atoms with Crippen LogP contribution in [0.3, 0.4) is 0 Å². The molecule has 0 amide bonds. The molecule has 86 heavy (non-hydrogen) atoms. The fourth-order valence-corrected chi connectivity index (χ4v) is 13.9. The third-order valence-corrected chi connectivity index (χ3v) is 17.7. The van der Waals surface area contributed by atoms with Gasteiger partial charge >= 0.3 is 0 Å². The number of nitrogens with zero attached hydrogens (tertiary/aromatic N) is 6. The van der Waals surface area contributed by atoms with E-state index in [0.29, 0.717) is 5.82 Å². The van der Waals surface area contributed by atoms with Gasteiger partial charge in [0.25, 0.3) is 0 Å². The van der Waals surface area contributed by atoms with E-state index < -0.39 is 0 Å². The summed E-state index contributed by atoms with van der Waals surface area (Å²) in [5.74, 6) is 0.672. The Hall–Kier alpha value is -11.6. The molecule has 18 rings (SSSR count). The van der Waals surface area contributed by atoms with Gasteiger partial charge in [-0.1, -0.05) is 176 Å². The summed E-state index contributed by atoms with van der Waals surface area (Å²) in [4.78, 5) is 10.8. The number of rotatable bonds is 8. The zero-order chi connectivity index (χ0) is 56.4. The molecule has 0 fully saturated rings. The monoisotopic (exact) mass is 1090 g/mol. The Labute approximate surface area is 494 Å². The molecule has 0 N–H and O–H groups in total. The first kappa shape index (κ1) is 48.0. The van der Waals surface area contributed by atoms with Crippen LogP contribution < -0.4 is 0 Å². The van der Waals surface area contributed by atoms with E-state index in [2.05, 4.69) is 322 Å². The van der Waals surface area contributed by atoms with Gasteiger partial charge < -0.3 is 18.3 Å². The third kappa shape index (κ3) is 7.40. The molecule has 0 aliphatic heterocycles. The lowest BCUT2D eigenvalue weighted by molar-refractivity contribution is 1.17. The molecule has 13 aromatic carbocycles. The zero-order valence-corrected chi connectivity index (χ0v) is 46.6. The Morgan fingerprint density at radius 3 is 0.919 bits per heavy atom. The summed E-state index contributed by atoms with van der Waals surface area (Å²) in [6.45, 7) is 0. The van der Waals surface area contributed by atoms with Crippen LogP contribution in [0.15, 0.2) is 303 Å². The molecule has 0 saturated carbocycles. The van der Waals surface area contributed by atoms with Crippen LogP contribution in [0.1, 0.15) is 0 Å². The Kier molecular flexibility index (Phi) is 10.6. The first-order chi connectivity index (χ1) is 42.6. The average molecular weight is 1100 g/mol. The van der Waals surface area contributed by atoms with Crippen molar-refractivity contribution in [1.29, 1.82) is 0 Å². The van der Waals surface area contributed by atoms with E-state index >= 15 is 0 Å². The Balaban J connectivity index is 0.719. The van der Waals surface area contributed by atoms with Crippen LogP contribution in [0.5, 0.6) is 0 Å². The van der Waals surface area contributed by atoms with Gasteiger partial charge in [0.05, 0.1) is 55.3 Å². The lowest BCUT2D eigenvalue weighted by atomic mass is 10.0. The number of para-hydroxylation sites is 7. The Bertz CT molecular complexity index is 5780. The van der Waals surface area contributed by atoms with E-state index in [9.17, 15) is 0 Å². The van der Waals surface area contributed by atoms with E-state index in [1.54, 1.807) is 0 Å². The number of benzene rings is 13. The van der Waals surface area contributed by atoms with Crippen LogP contribution >= 0.6 is 0 Å². The second kappa shape index (κ2) is 19.0. The van der Waals surface area contributed by atoms with Gasteiger partial charge in [0.15, 0.2) is 5.82 Å². The average Bonchev–Trinajstić information content (AvgIpc) is 2.35. The molecule has 6 nitrogen and oxygen atoms in total. The fourth-order valence-electron chi connectivity index (χ4n) is 13.9. The lowest BCUT2D eigenvalue weighted by Crippen LogP contribution is -1.99. The van der Waals surface area contributed by atoms with E-state index in [1.807, 2.05) is 0 Å². The molecule has 0 atom stereocenters. The van der Waals surface area contributed by atoms with Crippen molar-refractivity contribution in [2.45, 2.75) is 0 Å². The maximum absolute atomic E-state index is 5.51. The van der Waals surface area contributed by atoms with Crippen LogP contribution in [-0.2, 0) is 0 Å². The summed E-state index contributed by atoms with van der Waals surface area (Å²) in [5, 5.41) is 10.8. The molecule has 0 unspecified atom stereocenters. The highest BCUT2D eigenvalue weighted by atomic mass is 15.0. The van der Waals surface area contributed by atoms with Gasteiger partial charge in [0, 0.05) is 82.4 Å². The quantitative estimate of drug-likeness (QED) is 0.152. The SMILES string of the molecule is c1ccc(-n2c3ccccc3c3cc(-c4ccc5c(c4)c4ccccc4n5-c4cccc(-c5nc(-c6cccc(-n7c8ccccc8c8cc(-c9ccc%10c(c9)c9ccccc9n%10-c9ccccc9)ccc87)c6)c6ccccc6n5)c4)ccc32)cc1. The highest BCUT2D eigenvalue weighted by Gasteiger charge is 2.21.